The minimum atomic E-state index is -0.132. The fourth-order valence-electron chi connectivity index (χ4n) is 2.63. The van der Waals surface area contributed by atoms with Gasteiger partial charge in [0.25, 0.3) is 5.88 Å². The van der Waals surface area contributed by atoms with Gasteiger partial charge < -0.3 is 19.7 Å². The second kappa shape index (κ2) is 6.40. The Balaban J connectivity index is 1.81. The zero-order chi connectivity index (χ0) is 17.2. The van der Waals surface area contributed by atoms with E-state index < -0.39 is 0 Å². The van der Waals surface area contributed by atoms with Crippen LogP contribution in [0.1, 0.15) is 0 Å². The third kappa shape index (κ3) is 2.87. The van der Waals surface area contributed by atoms with Crippen LogP contribution in [0.15, 0.2) is 58.1 Å². The van der Waals surface area contributed by atoms with Crippen LogP contribution in [-0.2, 0) is 4.74 Å². The van der Waals surface area contributed by atoms with Gasteiger partial charge in [-0.25, -0.2) is 9.51 Å². The quantitative estimate of drug-likeness (QED) is 0.823. The highest BCUT2D eigenvalue weighted by molar-refractivity contribution is 6.22. The first-order chi connectivity index (χ1) is 12.3. The Morgan fingerprint density at radius 1 is 1.32 bits per heavy atom. The highest BCUT2D eigenvalue weighted by Crippen LogP contribution is 2.33. The van der Waals surface area contributed by atoms with Crippen molar-refractivity contribution in [1.29, 1.82) is 0 Å². The summed E-state index contributed by atoms with van der Waals surface area (Å²) < 4.78 is 12.7. The molecule has 2 aromatic rings. The summed E-state index contributed by atoms with van der Waals surface area (Å²) in [5, 5.41) is 23.6. The van der Waals surface area contributed by atoms with Crippen molar-refractivity contribution in [2.24, 2.45) is 9.98 Å². The van der Waals surface area contributed by atoms with Crippen molar-refractivity contribution in [2.45, 2.75) is 0 Å². The third-order valence-electron chi connectivity index (χ3n) is 3.73. The largest absolute Gasteiger partial charge is 0.506 e. The van der Waals surface area contributed by atoms with E-state index in [0.717, 1.165) is 5.52 Å². The summed E-state index contributed by atoms with van der Waals surface area (Å²) in [6.07, 6.45) is 4.96. The molecule has 0 saturated heterocycles. The normalized spacial score (nSPS) is 18.3. The van der Waals surface area contributed by atoms with E-state index in [1.54, 1.807) is 16.8 Å². The lowest BCUT2D eigenvalue weighted by molar-refractivity contribution is 0.197. The topological polar surface area (TPSA) is 101 Å². The van der Waals surface area contributed by atoms with Gasteiger partial charge in [-0.2, -0.15) is 0 Å². The highest BCUT2D eigenvalue weighted by Gasteiger charge is 2.22. The molecule has 1 aliphatic carbocycles. The van der Waals surface area contributed by atoms with Gasteiger partial charge in [0.1, 0.15) is 36.2 Å². The molecule has 0 radical (unpaired) electrons. The first-order valence-corrected chi connectivity index (χ1v) is 7.86. The van der Waals surface area contributed by atoms with Gasteiger partial charge in [-0.15, -0.1) is 5.10 Å². The fourth-order valence-corrected chi connectivity index (χ4v) is 2.63. The van der Waals surface area contributed by atoms with E-state index >= 15 is 0 Å². The summed E-state index contributed by atoms with van der Waals surface area (Å²) in [4.78, 5) is 8.83. The van der Waals surface area contributed by atoms with Crippen molar-refractivity contribution in [3.63, 3.8) is 0 Å². The number of aliphatic imine (C=N–C) groups is 2. The van der Waals surface area contributed by atoms with Crippen molar-refractivity contribution in [1.82, 2.24) is 9.61 Å². The number of aliphatic hydroxyl groups is 2. The molecule has 3 heterocycles. The zero-order valence-corrected chi connectivity index (χ0v) is 13.3. The Labute approximate surface area is 143 Å². The number of nitrogens with zero attached hydrogens (tertiary/aromatic N) is 4. The molecule has 0 bridgehead atoms. The molecule has 2 aliphatic rings. The van der Waals surface area contributed by atoms with Gasteiger partial charge in [-0.3, -0.25) is 4.99 Å². The number of hydrogen-bond acceptors (Lipinski definition) is 7. The van der Waals surface area contributed by atoms with Gasteiger partial charge in [0.15, 0.2) is 5.69 Å². The number of pyridine rings is 1. The molecule has 0 spiro atoms. The molecule has 2 N–H and O–H groups in total. The van der Waals surface area contributed by atoms with E-state index in [1.165, 1.54) is 6.08 Å². The first kappa shape index (κ1) is 15.4. The number of fused-ring (bicyclic) bond motifs is 2. The molecule has 8 nitrogen and oxygen atoms in total. The standard InChI is InChI=1S/C17H16N4O4/c22-6-8-25-17-16(13-3-1-2-5-21(13)20-17)19-11-10-15-12(9-14(11)23)18-4-7-24-15/h1-3,5,9-10,22-23H,4,6-8H2/b19-11+. The predicted octanol–water partition coefficient (Wildman–Crippen LogP) is 1.59. The summed E-state index contributed by atoms with van der Waals surface area (Å²) in [5.74, 6) is 0.858. The van der Waals surface area contributed by atoms with Crippen LogP contribution in [-0.4, -0.2) is 57.6 Å². The Morgan fingerprint density at radius 2 is 2.24 bits per heavy atom. The van der Waals surface area contributed by atoms with E-state index in [4.69, 9.17) is 14.6 Å². The van der Waals surface area contributed by atoms with Crippen LogP contribution < -0.4 is 4.74 Å². The van der Waals surface area contributed by atoms with E-state index in [-0.39, 0.29) is 24.9 Å². The lowest BCUT2D eigenvalue weighted by Gasteiger charge is -2.19. The molecule has 2 aromatic heterocycles. The maximum atomic E-state index is 10.3. The Hall–Kier alpha value is -3.13. The molecule has 0 atom stereocenters. The monoisotopic (exact) mass is 340 g/mol. The molecule has 0 aromatic carbocycles. The van der Waals surface area contributed by atoms with Gasteiger partial charge in [-0.05, 0) is 12.1 Å². The number of rotatable bonds is 4. The summed E-state index contributed by atoms with van der Waals surface area (Å²) >= 11 is 0. The van der Waals surface area contributed by atoms with Gasteiger partial charge in [-0.1, -0.05) is 6.07 Å². The van der Waals surface area contributed by atoms with Crippen molar-refractivity contribution < 1.29 is 19.7 Å². The average Bonchev–Trinajstić information content (AvgIpc) is 2.98. The minimum Gasteiger partial charge on any atom is -0.506 e. The lowest BCUT2D eigenvalue weighted by atomic mass is 10.1. The first-order valence-electron chi connectivity index (χ1n) is 7.86. The molecule has 0 fully saturated rings. The molecular weight excluding hydrogens is 324 g/mol. The molecule has 128 valence electrons. The van der Waals surface area contributed by atoms with Crippen LogP contribution in [0.2, 0.25) is 0 Å². The number of ether oxygens (including phenoxy) is 2. The Kier molecular flexibility index (Phi) is 3.95. The molecule has 8 heteroatoms. The van der Waals surface area contributed by atoms with E-state index in [1.807, 2.05) is 18.2 Å². The number of allylic oxidation sites excluding steroid dienone is 2. The van der Waals surface area contributed by atoms with Crippen molar-refractivity contribution >= 4 is 22.6 Å². The molecular formula is C17H16N4O4. The fraction of sp³-hybridized carbons (Fsp3) is 0.235. The van der Waals surface area contributed by atoms with Crippen LogP contribution in [0.25, 0.3) is 5.52 Å². The predicted molar refractivity (Wildman–Crippen MR) is 91.9 cm³/mol. The number of hydrogen-bond donors (Lipinski definition) is 2. The van der Waals surface area contributed by atoms with Crippen LogP contribution in [0.3, 0.4) is 0 Å². The van der Waals surface area contributed by atoms with Crippen molar-refractivity contribution in [2.75, 3.05) is 26.4 Å². The van der Waals surface area contributed by atoms with Gasteiger partial charge in [0.2, 0.25) is 0 Å². The van der Waals surface area contributed by atoms with Crippen LogP contribution >= 0.6 is 0 Å². The zero-order valence-electron chi connectivity index (χ0n) is 13.3. The molecule has 1 aliphatic heterocycles. The molecule has 0 unspecified atom stereocenters. The maximum absolute atomic E-state index is 10.3. The Bertz CT molecular complexity index is 939. The summed E-state index contributed by atoms with van der Waals surface area (Å²) in [5.41, 5.74) is 2.14. The molecule has 25 heavy (non-hydrogen) atoms. The van der Waals surface area contributed by atoms with Crippen LogP contribution in [0.4, 0.5) is 5.69 Å². The van der Waals surface area contributed by atoms with E-state index in [2.05, 4.69) is 15.1 Å². The van der Waals surface area contributed by atoms with Crippen LogP contribution in [0.5, 0.6) is 5.88 Å². The number of aliphatic hydroxyl groups excluding tert-OH is 2. The van der Waals surface area contributed by atoms with Crippen molar-refractivity contribution in [3.05, 3.63) is 48.1 Å². The highest BCUT2D eigenvalue weighted by atomic mass is 16.5. The maximum Gasteiger partial charge on any atom is 0.260 e. The molecule has 4 rings (SSSR count). The van der Waals surface area contributed by atoms with E-state index in [0.29, 0.717) is 36.0 Å². The minimum absolute atomic E-state index is 0.00334. The van der Waals surface area contributed by atoms with E-state index in [9.17, 15) is 5.11 Å². The van der Waals surface area contributed by atoms with Crippen LogP contribution in [0, 0.1) is 0 Å². The molecule has 0 saturated carbocycles. The van der Waals surface area contributed by atoms with Gasteiger partial charge in [0, 0.05) is 18.3 Å². The SMILES string of the molecule is OCCOc1nn2ccccc2c1/N=C1\C=C2OCCN=C2C=C1O. The third-order valence-corrected chi connectivity index (χ3v) is 3.73. The second-order valence-corrected chi connectivity index (χ2v) is 5.41. The van der Waals surface area contributed by atoms with Gasteiger partial charge in [0.05, 0.1) is 18.7 Å². The lowest BCUT2D eigenvalue weighted by Crippen LogP contribution is -2.20. The van der Waals surface area contributed by atoms with Gasteiger partial charge >= 0.3 is 0 Å². The second-order valence-electron chi connectivity index (χ2n) is 5.41. The molecule has 0 amide bonds. The summed E-state index contributed by atoms with van der Waals surface area (Å²) in [7, 11) is 0. The summed E-state index contributed by atoms with van der Waals surface area (Å²) in [6, 6.07) is 5.55. The summed E-state index contributed by atoms with van der Waals surface area (Å²) in [6.45, 7) is 1.03. The Morgan fingerprint density at radius 3 is 3.12 bits per heavy atom. The smallest absolute Gasteiger partial charge is 0.260 e. The number of aromatic nitrogens is 2. The van der Waals surface area contributed by atoms with Crippen molar-refractivity contribution in [3.8, 4) is 5.88 Å². The average molecular weight is 340 g/mol.